The SMILES string of the molecule is Cc1ccc(C(F)(F)C(=O)[O-])cn1.[Na+]. The van der Waals surface area contributed by atoms with Crippen LogP contribution in [0.5, 0.6) is 0 Å². The molecule has 1 aromatic heterocycles. The van der Waals surface area contributed by atoms with E-state index in [1.165, 1.54) is 6.07 Å². The molecule has 0 amide bonds. The number of nitrogens with zero attached hydrogens (tertiary/aromatic N) is 1. The fraction of sp³-hybridized carbons (Fsp3) is 0.250. The summed E-state index contributed by atoms with van der Waals surface area (Å²) in [5.41, 5.74) is -0.129. The molecule has 0 aliphatic rings. The average Bonchev–Trinajstić information content (AvgIpc) is 2.04. The maximum Gasteiger partial charge on any atom is 1.00 e. The summed E-state index contributed by atoms with van der Waals surface area (Å²) in [6.07, 6.45) is 0.825. The molecule has 1 heterocycles. The summed E-state index contributed by atoms with van der Waals surface area (Å²) in [6, 6.07) is 2.32. The van der Waals surface area contributed by atoms with Gasteiger partial charge in [-0.15, -0.1) is 0 Å². The summed E-state index contributed by atoms with van der Waals surface area (Å²) in [5.74, 6) is -6.39. The molecule has 0 aliphatic carbocycles. The first kappa shape index (κ1) is 13.5. The van der Waals surface area contributed by atoms with Gasteiger partial charge in [0.2, 0.25) is 0 Å². The number of carbonyl (C=O) groups excluding carboxylic acids is 1. The molecule has 6 heteroatoms. The van der Waals surface area contributed by atoms with E-state index in [1.54, 1.807) is 6.92 Å². The summed E-state index contributed by atoms with van der Waals surface area (Å²) in [6.45, 7) is 1.61. The van der Waals surface area contributed by atoms with E-state index in [2.05, 4.69) is 4.98 Å². The van der Waals surface area contributed by atoms with Crippen molar-refractivity contribution in [3.05, 3.63) is 29.6 Å². The van der Waals surface area contributed by atoms with Gasteiger partial charge in [0.15, 0.2) is 0 Å². The molecular formula is C8H6F2NNaO2. The van der Waals surface area contributed by atoms with Gasteiger partial charge in [0.1, 0.15) is 5.97 Å². The second-order valence-electron chi connectivity index (χ2n) is 2.55. The van der Waals surface area contributed by atoms with Crippen molar-refractivity contribution in [3.8, 4) is 0 Å². The molecule has 1 aromatic rings. The van der Waals surface area contributed by atoms with Crippen molar-refractivity contribution in [1.29, 1.82) is 0 Å². The van der Waals surface area contributed by atoms with Gasteiger partial charge in [0.05, 0.1) is 0 Å². The standard InChI is InChI=1S/C8H7F2NO2.Na/c1-5-2-3-6(4-11-5)8(9,10)7(12)13;/h2-4H,1H3,(H,12,13);/q;+1/p-1. The van der Waals surface area contributed by atoms with Gasteiger partial charge >= 0.3 is 35.5 Å². The molecule has 70 valence electrons. The van der Waals surface area contributed by atoms with Crippen LogP contribution in [0.3, 0.4) is 0 Å². The third-order valence-electron chi connectivity index (χ3n) is 1.53. The molecule has 14 heavy (non-hydrogen) atoms. The number of pyridine rings is 1. The fourth-order valence-corrected chi connectivity index (χ4v) is 0.771. The topological polar surface area (TPSA) is 53.0 Å². The van der Waals surface area contributed by atoms with Gasteiger partial charge in [0, 0.05) is 17.5 Å². The van der Waals surface area contributed by atoms with Crippen molar-refractivity contribution in [2.24, 2.45) is 0 Å². The summed E-state index contributed by atoms with van der Waals surface area (Å²) < 4.78 is 25.4. The molecule has 0 aliphatic heterocycles. The zero-order valence-corrected chi connectivity index (χ0v) is 9.75. The average molecular weight is 209 g/mol. The number of hydrogen-bond donors (Lipinski definition) is 0. The smallest absolute Gasteiger partial charge is 0.544 e. The first-order chi connectivity index (χ1) is 5.94. The van der Waals surface area contributed by atoms with Crippen molar-refractivity contribution >= 4 is 5.97 Å². The monoisotopic (exact) mass is 209 g/mol. The Kier molecular flexibility index (Phi) is 4.64. The Morgan fingerprint density at radius 3 is 2.43 bits per heavy atom. The van der Waals surface area contributed by atoms with Crippen LogP contribution in [0.4, 0.5) is 8.78 Å². The van der Waals surface area contributed by atoms with E-state index < -0.39 is 17.5 Å². The first-order valence-electron chi connectivity index (χ1n) is 3.47. The van der Waals surface area contributed by atoms with E-state index in [0.29, 0.717) is 5.69 Å². The number of hydrogen-bond acceptors (Lipinski definition) is 3. The maximum atomic E-state index is 12.7. The number of carboxylic acids is 1. The van der Waals surface area contributed by atoms with Gasteiger partial charge in [0.25, 0.3) is 0 Å². The van der Waals surface area contributed by atoms with Gasteiger partial charge in [-0.2, -0.15) is 8.78 Å². The Morgan fingerprint density at radius 1 is 1.50 bits per heavy atom. The van der Waals surface area contributed by atoms with Crippen LogP contribution in [0.25, 0.3) is 0 Å². The van der Waals surface area contributed by atoms with Gasteiger partial charge in [-0.1, -0.05) is 0 Å². The Balaban J connectivity index is 0.00000169. The van der Waals surface area contributed by atoms with E-state index in [-0.39, 0.29) is 29.6 Å². The maximum absolute atomic E-state index is 12.7. The van der Waals surface area contributed by atoms with E-state index in [0.717, 1.165) is 12.3 Å². The molecule has 0 aromatic carbocycles. The Labute approximate surface area is 101 Å². The third kappa shape index (κ3) is 2.73. The molecule has 1 rings (SSSR count). The van der Waals surface area contributed by atoms with Crippen LogP contribution in [0, 0.1) is 6.92 Å². The van der Waals surface area contributed by atoms with Gasteiger partial charge < -0.3 is 9.90 Å². The van der Waals surface area contributed by atoms with Crippen LogP contribution in [-0.2, 0) is 10.7 Å². The number of aromatic nitrogens is 1. The van der Waals surface area contributed by atoms with Gasteiger partial charge in [-0.25, -0.2) is 0 Å². The molecule has 0 atom stereocenters. The molecule has 0 radical (unpaired) electrons. The van der Waals surface area contributed by atoms with E-state index in [4.69, 9.17) is 0 Å². The van der Waals surface area contributed by atoms with Crippen LogP contribution in [0.2, 0.25) is 0 Å². The second-order valence-corrected chi connectivity index (χ2v) is 2.55. The van der Waals surface area contributed by atoms with Crippen molar-refractivity contribution in [2.75, 3.05) is 0 Å². The second kappa shape index (κ2) is 4.82. The van der Waals surface area contributed by atoms with Crippen LogP contribution < -0.4 is 34.7 Å². The number of aryl methyl sites for hydroxylation is 1. The zero-order chi connectivity index (χ0) is 10.1. The quantitative estimate of drug-likeness (QED) is 0.496. The molecule has 0 bridgehead atoms. The minimum atomic E-state index is -3.97. The fourth-order valence-electron chi connectivity index (χ4n) is 0.771. The van der Waals surface area contributed by atoms with Crippen LogP contribution in [-0.4, -0.2) is 11.0 Å². The van der Waals surface area contributed by atoms with E-state index in [1.807, 2.05) is 0 Å². The van der Waals surface area contributed by atoms with Crippen LogP contribution in [0.1, 0.15) is 11.3 Å². The molecule has 0 N–H and O–H groups in total. The number of carboxylic acid groups (broad SMARTS) is 1. The van der Waals surface area contributed by atoms with Crippen LogP contribution >= 0.6 is 0 Å². The largest absolute Gasteiger partial charge is 1.00 e. The van der Waals surface area contributed by atoms with Gasteiger partial charge in [-0.3, -0.25) is 4.98 Å². The minimum Gasteiger partial charge on any atom is -0.544 e. The van der Waals surface area contributed by atoms with Crippen molar-refractivity contribution in [1.82, 2.24) is 4.98 Å². The third-order valence-corrected chi connectivity index (χ3v) is 1.53. The van der Waals surface area contributed by atoms with Crippen molar-refractivity contribution in [3.63, 3.8) is 0 Å². The summed E-state index contributed by atoms with van der Waals surface area (Å²) in [7, 11) is 0. The molecule has 0 spiro atoms. The predicted octanol–water partition coefficient (Wildman–Crippen LogP) is -2.76. The molecule has 0 unspecified atom stereocenters. The molecule has 0 fully saturated rings. The molecule has 3 nitrogen and oxygen atoms in total. The number of rotatable bonds is 2. The van der Waals surface area contributed by atoms with E-state index >= 15 is 0 Å². The summed E-state index contributed by atoms with van der Waals surface area (Å²) in [4.78, 5) is 13.6. The molecular weight excluding hydrogens is 203 g/mol. The summed E-state index contributed by atoms with van der Waals surface area (Å²) in [5, 5.41) is 10.0. The number of aliphatic carboxylic acids is 1. The molecule has 0 saturated heterocycles. The van der Waals surface area contributed by atoms with E-state index in [9.17, 15) is 18.7 Å². The van der Waals surface area contributed by atoms with Gasteiger partial charge in [-0.05, 0) is 19.1 Å². The normalized spacial score (nSPS) is 10.5. The Hall–Kier alpha value is -0.520. The number of alkyl halides is 2. The number of halogens is 2. The molecule has 0 saturated carbocycles. The number of carbonyl (C=O) groups is 1. The Morgan fingerprint density at radius 2 is 2.07 bits per heavy atom. The van der Waals surface area contributed by atoms with Crippen molar-refractivity contribution in [2.45, 2.75) is 12.8 Å². The zero-order valence-electron chi connectivity index (χ0n) is 7.75. The Bertz CT molecular complexity index is 327. The van der Waals surface area contributed by atoms with Crippen molar-refractivity contribution < 1.29 is 48.2 Å². The predicted molar refractivity (Wildman–Crippen MR) is 37.9 cm³/mol. The first-order valence-corrected chi connectivity index (χ1v) is 3.47. The summed E-state index contributed by atoms with van der Waals surface area (Å²) >= 11 is 0. The van der Waals surface area contributed by atoms with Crippen LogP contribution in [0.15, 0.2) is 18.3 Å². The minimum absolute atomic E-state index is 0.